The van der Waals surface area contributed by atoms with E-state index in [1.165, 1.54) is 19.3 Å². The molecule has 30 heavy (non-hydrogen) atoms. The van der Waals surface area contributed by atoms with Gasteiger partial charge in [-0.3, -0.25) is 0 Å². The third-order valence-corrected chi connectivity index (χ3v) is 5.74. The van der Waals surface area contributed by atoms with Gasteiger partial charge in [-0.1, -0.05) is 24.4 Å². The highest BCUT2D eigenvalue weighted by molar-refractivity contribution is 6.30. The molecule has 0 atom stereocenters. The number of halogens is 1. The molecule has 1 N–H and O–H groups in total. The first-order chi connectivity index (χ1) is 14.6. The van der Waals surface area contributed by atoms with E-state index in [9.17, 15) is 4.79 Å². The molecule has 1 fully saturated rings. The Morgan fingerprint density at radius 2 is 1.73 bits per heavy atom. The maximum atomic E-state index is 12.0. The zero-order valence-corrected chi connectivity index (χ0v) is 19.2. The van der Waals surface area contributed by atoms with Crippen molar-refractivity contribution in [1.29, 1.82) is 0 Å². The molecule has 0 heterocycles. The number of amides is 1. The van der Waals surface area contributed by atoms with Crippen LogP contribution in [0.1, 0.15) is 51.4 Å². The second-order valence-electron chi connectivity index (χ2n) is 8.04. The Labute approximate surface area is 186 Å². The standard InChI is InChI=1S/C23H37ClN2O4/c1-26(16-18-28-2)15-5-3-4-6-17-29-21-13-9-20(10-14-21)25-23(27)30-22-11-7-19(24)8-12-22/h7-8,11-12,20-21H,3-6,9-10,13-18H2,1-2H3,(H,25,27)/t20-,21-. The summed E-state index contributed by atoms with van der Waals surface area (Å²) >= 11 is 5.84. The number of unbranched alkanes of at least 4 members (excludes halogenated alkanes) is 3. The number of carbonyl (C=O) groups excluding carboxylic acids is 1. The van der Waals surface area contributed by atoms with Gasteiger partial charge in [-0.15, -0.1) is 0 Å². The maximum absolute atomic E-state index is 12.0. The van der Waals surface area contributed by atoms with Gasteiger partial charge in [-0.05, 0) is 76.4 Å². The molecule has 2 rings (SSSR count). The lowest BCUT2D eigenvalue weighted by molar-refractivity contribution is 0.0207. The molecule has 0 spiro atoms. The van der Waals surface area contributed by atoms with Crippen molar-refractivity contribution in [3.63, 3.8) is 0 Å². The fraction of sp³-hybridized carbons (Fsp3) is 0.696. The molecule has 1 aliphatic rings. The van der Waals surface area contributed by atoms with Gasteiger partial charge in [-0.2, -0.15) is 0 Å². The highest BCUT2D eigenvalue weighted by atomic mass is 35.5. The average molecular weight is 441 g/mol. The van der Waals surface area contributed by atoms with Crippen LogP contribution in [0.5, 0.6) is 5.75 Å². The van der Waals surface area contributed by atoms with Gasteiger partial charge in [0.15, 0.2) is 0 Å². The van der Waals surface area contributed by atoms with Crippen LogP contribution in [0.15, 0.2) is 24.3 Å². The van der Waals surface area contributed by atoms with Crippen LogP contribution in [0, 0.1) is 0 Å². The largest absolute Gasteiger partial charge is 0.412 e. The van der Waals surface area contributed by atoms with Crippen molar-refractivity contribution in [3.05, 3.63) is 29.3 Å². The summed E-state index contributed by atoms with van der Waals surface area (Å²) < 4.78 is 16.4. The minimum atomic E-state index is -0.408. The summed E-state index contributed by atoms with van der Waals surface area (Å²) in [5, 5.41) is 3.57. The molecule has 0 aliphatic heterocycles. The summed E-state index contributed by atoms with van der Waals surface area (Å²) in [5.41, 5.74) is 0. The Kier molecular flexibility index (Phi) is 12.2. The second-order valence-corrected chi connectivity index (χ2v) is 8.48. The van der Waals surface area contributed by atoms with Gasteiger partial charge in [0.05, 0.1) is 12.7 Å². The van der Waals surface area contributed by atoms with E-state index in [4.69, 9.17) is 25.8 Å². The van der Waals surface area contributed by atoms with Crippen molar-refractivity contribution >= 4 is 17.7 Å². The first-order valence-electron chi connectivity index (χ1n) is 11.1. The van der Waals surface area contributed by atoms with Crippen molar-refractivity contribution in [2.45, 2.75) is 63.5 Å². The van der Waals surface area contributed by atoms with Crippen LogP contribution in [0.3, 0.4) is 0 Å². The third-order valence-electron chi connectivity index (χ3n) is 5.49. The Bertz CT molecular complexity index is 591. The molecule has 1 amide bonds. The van der Waals surface area contributed by atoms with Gasteiger partial charge in [0, 0.05) is 31.3 Å². The molecule has 1 saturated carbocycles. The number of methoxy groups -OCH3 is 1. The van der Waals surface area contributed by atoms with Crippen molar-refractivity contribution < 1.29 is 19.0 Å². The molecule has 6 nitrogen and oxygen atoms in total. The van der Waals surface area contributed by atoms with Crippen LogP contribution in [0.4, 0.5) is 4.79 Å². The van der Waals surface area contributed by atoms with Crippen LogP contribution in [0.2, 0.25) is 5.02 Å². The second kappa shape index (κ2) is 14.6. The molecule has 1 aromatic carbocycles. The van der Waals surface area contributed by atoms with Crippen LogP contribution in [-0.4, -0.2) is 63.6 Å². The van der Waals surface area contributed by atoms with E-state index >= 15 is 0 Å². The number of hydrogen-bond acceptors (Lipinski definition) is 5. The summed E-state index contributed by atoms with van der Waals surface area (Å²) in [7, 11) is 3.89. The van der Waals surface area contributed by atoms with E-state index in [1.54, 1.807) is 31.4 Å². The van der Waals surface area contributed by atoms with Gasteiger partial charge in [0.25, 0.3) is 0 Å². The molecule has 0 bridgehead atoms. The molecule has 0 saturated heterocycles. The third kappa shape index (κ3) is 10.6. The topological polar surface area (TPSA) is 60.0 Å². The number of benzene rings is 1. The number of ether oxygens (including phenoxy) is 3. The molecule has 170 valence electrons. The Balaban J connectivity index is 1.47. The number of rotatable bonds is 13. The van der Waals surface area contributed by atoms with Crippen LogP contribution in [-0.2, 0) is 9.47 Å². The van der Waals surface area contributed by atoms with E-state index in [-0.39, 0.29) is 6.04 Å². The Morgan fingerprint density at radius 1 is 1.03 bits per heavy atom. The number of carbonyl (C=O) groups is 1. The minimum absolute atomic E-state index is 0.153. The van der Waals surface area contributed by atoms with Crippen LogP contribution >= 0.6 is 11.6 Å². The fourth-order valence-electron chi connectivity index (χ4n) is 3.63. The lowest BCUT2D eigenvalue weighted by Gasteiger charge is -2.28. The van der Waals surface area contributed by atoms with Gasteiger partial charge < -0.3 is 24.4 Å². The van der Waals surface area contributed by atoms with Gasteiger partial charge in [-0.25, -0.2) is 4.79 Å². The van der Waals surface area contributed by atoms with Crippen LogP contribution in [0.25, 0.3) is 0 Å². The number of hydrogen-bond donors (Lipinski definition) is 1. The monoisotopic (exact) mass is 440 g/mol. The fourth-order valence-corrected chi connectivity index (χ4v) is 3.75. The molecule has 0 aromatic heterocycles. The first-order valence-corrected chi connectivity index (χ1v) is 11.5. The summed E-state index contributed by atoms with van der Waals surface area (Å²) in [6.45, 7) is 3.75. The van der Waals surface area contributed by atoms with E-state index in [0.29, 0.717) is 16.9 Å². The number of nitrogens with one attached hydrogen (secondary N) is 1. The van der Waals surface area contributed by atoms with Crippen molar-refractivity contribution in [1.82, 2.24) is 10.2 Å². The first kappa shape index (κ1) is 24.9. The molecule has 1 aromatic rings. The van der Waals surface area contributed by atoms with E-state index in [1.807, 2.05) is 0 Å². The van der Waals surface area contributed by atoms with Crippen LogP contribution < -0.4 is 10.1 Å². The molecule has 7 heteroatoms. The summed E-state index contributed by atoms with van der Waals surface area (Å²) in [4.78, 5) is 14.3. The van der Waals surface area contributed by atoms with E-state index in [2.05, 4.69) is 17.3 Å². The molecule has 0 radical (unpaired) electrons. The summed E-state index contributed by atoms with van der Waals surface area (Å²) in [5.74, 6) is 0.496. The van der Waals surface area contributed by atoms with Gasteiger partial charge in [0.1, 0.15) is 5.75 Å². The summed E-state index contributed by atoms with van der Waals surface area (Å²) in [6, 6.07) is 6.93. The SMILES string of the molecule is COCCN(C)CCCCCCO[C@H]1CC[C@H](NC(=O)Oc2ccc(Cl)cc2)CC1. The highest BCUT2D eigenvalue weighted by Crippen LogP contribution is 2.22. The lowest BCUT2D eigenvalue weighted by Crippen LogP contribution is -2.40. The molecule has 1 aliphatic carbocycles. The van der Waals surface area contributed by atoms with Crippen molar-refractivity contribution in [3.8, 4) is 5.75 Å². The highest BCUT2D eigenvalue weighted by Gasteiger charge is 2.23. The van der Waals surface area contributed by atoms with Crippen molar-refractivity contribution in [2.24, 2.45) is 0 Å². The van der Waals surface area contributed by atoms with Crippen molar-refractivity contribution in [2.75, 3.05) is 40.5 Å². The van der Waals surface area contributed by atoms with E-state index in [0.717, 1.165) is 58.4 Å². The normalized spacial score (nSPS) is 19.1. The maximum Gasteiger partial charge on any atom is 0.412 e. The Morgan fingerprint density at radius 3 is 2.43 bits per heavy atom. The lowest BCUT2D eigenvalue weighted by atomic mass is 9.93. The van der Waals surface area contributed by atoms with Gasteiger partial charge >= 0.3 is 6.09 Å². The zero-order valence-electron chi connectivity index (χ0n) is 18.4. The molecular weight excluding hydrogens is 404 g/mol. The average Bonchev–Trinajstić information content (AvgIpc) is 2.74. The van der Waals surface area contributed by atoms with Gasteiger partial charge in [0.2, 0.25) is 0 Å². The molecule has 0 unspecified atom stereocenters. The minimum Gasteiger partial charge on any atom is -0.410 e. The number of likely N-dealkylation sites (N-methyl/N-ethyl adjacent to an activating group) is 1. The molecular formula is C23H37ClN2O4. The zero-order chi connectivity index (χ0) is 21.6. The number of nitrogens with zero attached hydrogens (tertiary/aromatic N) is 1. The predicted octanol–water partition coefficient (Wildman–Crippen LogP) is 4.89. The Hall–Kier alpha value is -1.34. The quantitative estimate of drug-likeness (QED) is 0.442. The summed E-state index contributed by atoms with van der Waals surface area (Å²) in [6.07, 6.45) is 8.52. The smallest absolute Gasteiger partial charge is 0.410 e. The van der Waals surface area contributed by atoms with E-state index < -0.39 is 6.09 Å². The predicted molar refractivity (Wildman–Crippen MR) is 120 cm³/mol.